The average molecular weight is 286 g/mol. The Hall–Kier alpha value is -1.59. The molecule has 0 bridgehead atoms. The molecule has 0 unspecified atom stereocenters. The number of rotatable bonds is 4. The van der Waals surface area contributed by atoms with Gasteiger partial charge in [0.05, 0.1) is 15.6 Å². The summed E-state index contributed by atoms with van der Waals surface area (Å²) in [6.45, 7) is 0.400. The van der Waals surface area contributed by atoms with Crippen LogP contribution in [0.4, 0.5) is 10.1 Å². The van der Waals surface area contributed by atoms with Gasteiger partial charge in [0, 0.05) is 11.4 Å². The molecule has 0 aliphatic carbocycles. The van der Waals surface area contributed by atoms with Crippen molar-refractivity contribution in [3.63, 3.8) is 0 Å². The van der Waals surface area contributed by atoms with Crippen molar-refractivity contribution < 1.29 is 14.3 Å². The zero-order valence-corrected chi connectivity index (χ0v) is 10.7. The Morgan fingerprint density at radius 1 is 1.39 bits per heavy atom. The minimum atomic E-state index is -1.09. The lowest BCUT2D eigenvalue weighted by molar-refractivity contribution is 0.0697. The lowest BCUT2D eigenvalue weighted by atomic mass is 10.2. The smallest absolute Gasteiger partial charge is 0.335 e. The van der Waals surface area contributed by atoms with E-state index in [1.165, 1.54) is 23.5 Å². The van der Waals surface area contributed by atoms with E-state index >= 15 is 0 Å². The molecule has 0 fully saturated rings. The first kappa shape index (κ1) is 12.9. The Balaban J connectivity index is 2.13. The second-order valence-electron chi connectivity index (χ2n) is 3.56. The third-order valence-corrected chi connectivity index (χ3v) is 3.53. The monoisotopic (exact) mass is 285 g/mol. The highest BCUT2D eigenvalue weighted by Crippen LogP contribution is 2.23. The van der Waals surface area contributed by atoms with Crippen molar-refractivity contribution in [1.82, 2.24) is 0 Å². The first-order valence-corrected chi connectivity index (χ1v) is 6.26. The van der Waals surface area contributed by atoms with Crippen LogP contribution in [0.5, 0.6) is 0 Å². The van der Waals surface area contributed by atoms with E-state index in [0.717, 1.165) is 10.9 Å². The van der Waals surface area contributed by atoms with Gasteiger partial charge in [-0.3, -0.25) is 0 Å². The number of nitrogens with one attached hydrogen (secondary N) is 1. The highest BCUT2D eigenvalue weighted by atomic mass is 35.5. The summed E-state index contributed by atoms with van der Waals surface area (Å²) in [4.78, 5) is 11.7. The van der Waals surface area contributed by atoms with Crippen LogP contribution >= 0.6 is 22.9 Å². The van der Waals surface area contributed by atoms with Gasteiger partial charge in [-0.1, -0.05) is 11.6 Å². The molecule has 2 rings (SSSR count). The standard InChI is InChI=1S/C12H9ClFNO2S/c13-11-4-2-8(18-11)6-15-10-5-7(12(16)17)1-3-9(10)14/h1-5,15H,6H2,(H,16,17). The van der Waals surface area contributed by atoms with Crippen molar-refractivity contribution in [3.8, 4) is 0 Å². The molecule has 1 aromatic heterocycles. The van der Waals surface area contributed by atoms with Crippen LogP contribution in [0.1, 0.15) is 15.2 Å². The molecule has 0 atom stereocenters. The molecule has 18 heavy (non-hydrogen) atoms. The van der Waals surface area contributed by atoms with E-state index in [2.05, 4.69) is 5.32 Å². The number of benzene rings is 1. The fraction of sp³-hybridized carbons (Fsp3) is 0.0833. The van der Waals surface area contributed by atoms with Crippen LogP contribution in [0.25, 0.3) is 0 Å². The largest absolute Gasteiger partial charge is 0.478 e. The van der Waals surface area contributed by atoms with Crippen molar-refractivity contribution in [2.75, 3.05) is 5.32 Å². The van der Waals surface area contributed by atoms with Gasteiger partial charge >= 0.3 is 5.97 Å². The molecular weight excluding hydrogens is 277 g/mol. The van der Waals surface area contributed by atoms with Gasteiger partial charge in [-0.05, 0) is 30.3 Å². The number of halogens is 2. The molecule has 0 saturated carbocycles. The highest BCUT2D eigenvalue weighted by Gasteiger charge is 2.08. The molecule has 0 aliphatic rings. The molecule has 1 aromatic carbocycles. The summed E-state index contributed by atoms with van der Waals surface area (Å²) in [5.74, 6) is -1.57. The summed E-state index contributed by atoms with van der Waals surface area (Å²) in [6.07, 6.45) is 0. The summed E-state index contributed by atoms with van der Waals surface area (Å²) in [7, 11) is 0. The number of hydrogen-bond acceptors (Lipinski definition) is 3. The summed E-state index contributed by atoms with van der Waals surface area (Å²) >= 11 is 7.17. The molecule has 0 radical (unpaired) electrons. The maximum absolute atomic E-state index is 13.5. The Kier molecular flexibility index (Phi) is 3.84. The van der Waals surface area contributed by atoms with Crippen molar-refractivity contribution >= 4 is 34.6 Å². The number of carboxylic acids is 1. The van der Waals surface area contributed by atoms with Gasteiger partial charge in [0.2, 0.25) is 0 Å². The number of hydrogen-bond donors (Lipinski definition) is 2. The quantitative estimate of drug-likeness (QED) is 0.897. The van der Waals surface area contributed by atoms with Gasteiger partial charge < -0.3 is 10.4 Å². The molecule has 6 heteroatoms. The Labute approximate surface area is 112 Å². The van der Waals surface area contributed by atoms with Crippen molar-refractivity contribution in [2.24, 2.45) is 0 Å². The Bertz CT molecular complexity index is 585. The molecule has 0 saturated heterocycles. The van der Waals surface area contributed by atoms with Gasteiger partial charge in [-0.2, -0.15) is 0 Å². The first-order chi connectivity index (χ1) is 8.56. The molecule has 0 aliphatic heterocycles. The van der Waals surface area contributed by atoms with Gasteiger partial charge in [0.1, 0.15) is 5.82 Å². The maximum Gasteiger partial charge on any atom is 0.335 e. The summed E-state index contributed by atoms with van der Waals surface area (Å²) < 4.78 is 14.1. The number of carbonyl (C=O) groups is 1. The third kappa shape index (κ3) is 3.00. The normalized spacial score (nSPS) is 10.3. The van der Waals surface area contributed by atoms with Gasteiger partial charge in [0.25, 0.3) is 0 Å². The molecule has 3 nitrogen and oxygen atoms in total. The van der Waals surface area contributed by atoms with E-state index in [1.807, 2.05) is 6.07 Å². The van der Waals surface area contributed by atoms with Crippen LogP contribution in [0.3, 0.4) is 0 Å². The van der Waals surface area contributed by atoms with E-state index in [-0.39, 0.29) is 11.3 Å². The van der Waals surface area contributed by atoms with Crippen LogP contribution in [0.2, 0.25) is 4.34 Å². The lowest BCUT2D eigenvalue weighted by Gasteiger charge is -2.07. The van der Waals surface area contributed by atoms with Crippen molar-refractivity contribution in [3.05, 3.63) is 50.9 Å². The number of carboxylic acid groups (broad SMARTS) is 1. The molecule has 2 N–H and O–H groups in total. The maximum atomic E-state index is 13.5. The Morgan fingerprint density at radius 2 is 2.17 bits per heavy atom. The third-order valence-electron chi connectivity index (χ3n) is 2.30. The average Bonchev–Trinajstić information content (AvgIpc) is 2.74. The summed E-state index contributed by atoms with van der Waals surface area (Å²) in [6, 6.07) is 7.22. The highest BCUT2D eigenvalue weighted by molar-refractivity contribution is 7.16. The zero-order chi connectivity index (χ0) is 13.1. The Morgan fingerprint density at radius 3 is 2.78 bits per heavy atom. The number of aromatic carboxylic acids is 1. The molecular formula is C12H9ClFNO2S. The number of thiophene rings is 1. The van der Waals surface area contributed by atoms with E-state index in [4.69, 9.17) is 16.7 Å². The lowest BCUT2D eigenvalue weighted by Crippen LogP contribution is -2.03. The molecule has 0 spiro atoms. The van der Waals surface area contributed by atoms with Crippen LogP contribution in [0.15, 0.2) is 30.3 Å². The second kappa shape index (κ2) is 5.37. The van der Waals surface area contributed by atoms with Gasteiger partial charge in [-0.25, -0.2) is 9.18 Å². The molecule has 94 valence electrons. The fourth-order valence-corrected chi connectivity index (χ4v) is 2.45. The minimum Gasteiger partial charge on any atom is -0.478 e. The van der Waals surface area contributed by atoms with Crippen LogP contribution in [0, 0.1) is 5.82 Å². The first-order valence-electron chi connectivity index (χ1n) is 5.07. The van der Waals surface area contributed by atoms with Gasteiger partial charge in [0.15, 0.2) is 0 Å². The second-order valence-corrected chi connectivity index (χ2v) is 5.36. The van der Waals surface area contributed by atoms with E-state index < -0.39 is 11.8 Å². The van der Waals surface area contributed by atoms with E-state index in [9.17, 15) is 9.18 Å². The number of anilines is 1. The minimum absolute atomic E-state index is 0.0445. The topological polar surface area (TPSA) is 49.3 Å². The van der Waals surface area contributed by atoms with E-state index in [0.29, 0.717) is 10.9 Å². The van der Waals surface area contributed by atoms with Crippen molar-refractivity contribution in [2.45, 2.75) is 6.54 Å². The molecule has 2 aromatic rings. The SMILES string of the molecule is O=C(O)c1ccc(F)c(NCc2ccc(Cl)s2)c1. The van der Waals surface area contributed by atoms with E-state index in [1.54, 1.807) is 6.07 Å². The van der Waals surface area contributed by atoms with Crippen LogP contribution in [-0.2, 0) is 6.54 Å². The summed E-state index contributed by atoms with van der Waals surface area (Å²) in [5.41, 5.74) is 0.211. The van der Waals surface area contributed by atoms with Gasteiger partial charge in [-0.15, -0.1) is 11.3 Å². The predicted molar refractivity (Wildman–Crippen MR) is 70.0 cm³/mol. The fourth-order valence-electron chi connectivity index (χ4n) is 1.42. The zero-order valence-electron chi connectivity index (χ0n) is 9.11. The summed E-state index contributed by atoms with van der Waals surface area (Å²) in [5, 5.41) is 11.7. The molecule has 1 heterocycles. The van der Waals surface area contributed by atoms with Crippen LogP contribution in [-0.4, -0.2) is 11.1 Å². The predicted octanol–water partition coefficient (Wildman–Crippen LogP) is 3.85. The van der Waals surface area contributed by atoms with Crippen LogP contribution < -0.4 is 5.32 Å². The van der Waals surface area contributed by atoms with Crippen molar-refractivity contribution in [1.29, 1.82) is 0 Å². The molecule has 0 amide bonds.